The van der Waals surface area contributed by atoms with E-state index >= 15 is 0 Å². The van der Waals surface area contributed by atoms with Crippen LogP contribution in [0.4, 0.5) is 0 Å². The molecule has 0 aliphatic rings. The van der Waals surface area contributed by atoms with Crippen LogP contribution in [0.15, 0.2) is 121 Å². The number of fused-ring (bicyclic) bond motifs is 3. The molecule has 0 atom stereocenters. The van der Waals surface area contributed by atoms with Crippen LogP contribution in [0.3, 0.4) is 0 Å². The summed E-state index contributed by atoms with van der Waals surface area (Å²) in [7, 11) is 0. The molecular weight excluding hydrogens is 624 g/mol. The summed E-state index contributed by atoms with van der Waals surface area (Å²) in [6.45, 7) is 14.0. The van der Waals surface area contributed by atoms with Gasteiger partial charge in [0.05, 0.1) is 0 Å². The number of aryl methyl sites for hydroxylation is 3. The zero-order valence-electron chi connectivity index (χ0n) is 27.1. The van der Waals surface area contributed by atoms with Gasteiger partial charge in [0.2, 0.25) is 0 Å². The summed E-state index contributed by atoms with van der Waals surface area (Å²) < 4.78 is 0. The van der Waals surface area contributed by atoms with E-state index in [0.717, 1.165) is 0 Å². The van der Waals surface area contributed by atoms with Gasteiger partial charge in [0, 0.05) is 0 Å². The van der Waals surface area contributed by atoms with Crippen LogP contribution in [0.1, 0.15) is 42.0 Å². The molecule has 0 saturated carbocycles. The summed E-state index contributed by atoms with van der Waals surface area (Å²) in [6.07, 6.45) is 0. The Hall–Kier alpha value is -3.32. The molecule has 0 aliphatic carbocycles. The van der Waals surface area contributed by atoms with E-state index in [0.29, 0.717) is 5.92 Å². The molecule has 0 amide bonds. The van der Waals surface area contributed by atoms with Crippen molar-refractivity contribution < 1.29 is 23.3 Å². The van der Waals surface area contributed by atoms with Crippen molar-refractivity contribution in [2.75, 3.05) is 0 Å². The van der Waals surface area contributed by atoms with Gasteiger partial charge in [-0.3, -0.25) is 0 Å². The van der Waals surface area contributed by atoms with E-state index in [-0.39, 0.29) is 14.9 Å². The molecule has 0 unspecified atom stereocenters. The molecule has 0 spiro atoms. The fourth-order valence-corrected chi connectivity index (χ4v) is 5.86. The first-order chi connectivity index (χ1) is 20.4. The Morgan fingerprint density at radius 1 is 0.591 bits per heavy atom. The molecule has 0 nitrogen and oxygen atoms in total. The van der Waals surface area contributed by atoms with Crippen LogP contribution in [0, 0.1) is 35.6 Å². The number of rotatable bonds is 3. The molecule has 0 N–H and O–H groups in total. The summed E-state index contributed by atoms with van der Waals surface area (Å²) in [5.74, 6) is 0.563. The third-order valence-corrected chi connectivity index (χ3v) is 8.13. The van der Waals surface area contributed by atoms with Crippen LogP contribution < -0.4 is 0 Å². The normalized spacial score (nSPS) is 10.4. The summed E-state index contributed by atoms with van der Waals surface area (Å²) in [5.41, 5.74) is 10.7. The molecule has 222 valence electrons. The molecular formula is C42H42SiZr-4. The Labute approximate surface area is 282 Å². The molecule has 0 fully saturated rings. The van der Waals surface area contributed by atoms with Crippen molar-refractivity contribution in [3.05, 3.63) is 158 Å². The molecule has 0 saturated heterocycles. The quantitative estimate of drug-likeness (QED) is 0.130. The van der Waals surface area contributed by atoms with Gasteiger partial charge in [0.25, 0.3) is 0 Å². The van der Waals surface area contributed by atoms with Gasteiger partial charge in [-0.15, -0.1) is 68.6 Å². The van der Waals surface area contributed by atoms with E-state index in [1.54, 1.807) is 0 Å². The van der Waals surface area contributed by atoms with Crippen LogP contribution in [0.25, 0.3) is 54.6 Å². The predicted molar refractivity (Wildman–Crippen MR) is 194 cm³/mol. The fourth-order valence-electron chi connectivity index (χ4n) is 5.86. The summed E-state index contributed by atoms with van der Waals surface area (Å²) in [5, 5.41) is 8.08. The second-order valence-electron chi connectivity index (χ2n) is 11.4. The molecule has 7 rings (SSSR count). The predicted octanol–water partition coefficient (Wildman–Crippen LogP) is 12.2. The average molecular weight is 666 g/mol. The van der Waals surface area contributed by atoms with Crippen LogP contribution in [-0.4, -0.2) is 6.88 Å². The molecule has 7 aromatic carbocycles. The summed E-state index contributed by atoms with van der Waals surface area (Å²) in [6, 6.07) is 44.3. The summed E-state index contributed by atoms with van der Waals surface area (Å²) in [4.78, 5) is 0. The molecule has 2 radical (unpaired) electrons. The fraction of sp³-hybridized carbons (Fsp3) is 0.143. The van der Waals surface area contributed by atoms with Gasteiger partial charge in [0.1, 0.15) is 0 Å². The second kappa shape index (κ2) is 15.6. The van der Waals surface area contributed by atoms with Gasteiger partial charge in [0.15, 0.2) is 0 Å². The maximum absolute atomic E-state index is 3.06. The Morgan fingerprint density at radius 3 is 1.93 bits per heavy atom. The third-order valence-electron chi connectivity index (χ3n) is 8.13. The van der Waals surface area contributed by atoms with Gasteiger partial charge in [-0.2, -0.15) is 12.1 Å². The van der Waals surface area contributed by atoms with Crippen molar-refractivity contribution >= 4 is 39.2 Å². The summed E-state index contributed by atoms with van der Waals surface area (Å²) >= 11 is 1.36. The minimum absolute atomic E-state index is 0. The molecule has 2 heteroatoms. The van der Waals surface area contributed by atoms with Gasteiger partial charge in [-0.05, 0) is 34.7 Å². The molecule has 0 bridgehead atoms. The van der Waals surface area contributed by atoms with Crippen molar-refractivity contribution in [1.82, 2.24) is 0 Å². The molecule has 0 aliphatic heterocycles. The van der Waals surface area contributed by atoms with Crippen molar-refractivity contribution in [3.63, 3.8) is 0 Å². The van der Waals surface area contributed by atoms with Gasteiger partial charge >= 0.3 is 30.2 Å². The maximum atomic E-state index is 3.06. The first kappa shape index (κ1) is 35.2. The minimum atomic E-state index is 0. The monoisotopic (exact) mass is 664 g/mol. The van der Waals surface area contributed by atoms with E-state index in [2.05, 4.69) is 163 Å². The molecule has 0 aromatic heterocycles. The van der Waals surface area contributed by atoms with Crippen molar-refractivity contribution in [3.8, 4) is 22.3 Å². The van der Waals surface area contributed by atoms with Crippen molar-refractivity contribution in [1.29, 1.82) is 0 Å². The van der Waals surface area contributed by atoms with E-state index in [4.69, 9.17) is 0 Å². The Bertz CT molecular complexity index is 1960. The van der Waals surface area contributed by atoms with Gasteiger partial charge in [-0.1, -0.05) is 123 Å². The SMILES string of the molecule is CC(C)c1cc2c(-c3cccc4ccccc34)cccc2[cH-]1.Cc1ccc(-c2ccc(C)c3[cH-]c(C)cc23)cc1.[CH3-].[CH3-].[Si]=[Zr]. The first-order valence-corrected chi connectivity index (χ1v) is 18.7. The standard InChI is InChI=1S/C22H19.C18H17.2CH3.Si.Zr/c1-15(2)18-13-17-9-6-12-21(22(17)14-18)20-11-5-8-16-7-3-4-10-19(16)20;1-12-4-7-15(8-5-12)16-9-6-14(3)17-10-13(2)11-18(16)17;;;;/h3-15H,1-2H3;4-11H,1-3H3;2*1H3;;/q4*-1;;. The van der Waals surface area contributed by atoms with Gasteiger partial charge < -0.3 is 14.9 Å². The Balaban J connectivity index is 0.000000222. The van der Waals surface area contributed by atoms with Crippen LogP contribution in [-0.2, 0) is 23.3 Å². The van der Waals surface area contributed by atoms with E-state index in [1.165, 1.54) is 100 Å². The molecule has 44 heavy (non-hydrogen) atoms. The van der Waals surface area contributed by atoms with Crippen LogP contribution >= 0.6 is 0 Å². The van der Waals surface area contributed by atoms with E-state index in [1.807, 2.05) is 0 Å². The van der Waals surface area contributed by atoms with E-state index < -0.39 is 0 Å². The second-order valence-corrected chi connectivity index (χ2v) is 11.4. The molecule has 0 heterocycles. The van der Waals surface area contributed by atoms with E-state index in [9.17, 15) is 0 Å². The number of benzene rings is 5. The topological polar surface area (TPSA) is 0 Å². The van der Waals surface area contributed by atoms with Crippen LogP contribution in [0.5, 0.6) is 0 Å². The zero-order chi connectivity index (χ0) is 29.8. The number of hydrogen-bond acceptors (Lipinski definition) is 0. The average Bonchev–Trinajstić information content (AvgIpc) is 3.64. The van der Waals surface area contributed by atoms with Crippen molar-refractivity contribution in [2.24, 2.45) is 0 Å². The van der Waals surface area contributed by atoms with Crippen LogP contribution in [0.2, 0.25) is 0 Å². The van der Waals surface area contributed by atoms with Gasteiger partial charge in [-0.25, -0.2) is 0 Å². The Morgan fingerprint density at radius 2 is 1.23 bits per heavy atom. The zero-order valence-corrected chi connectivity index (χ0v) is 30.6. The first-order valence-electron chi connectivity index (χ1n) is 14.6. The molecule has 7 aromatic rings. The third kappa shape index (κ3) is 7.31. The van der Waals surface area contributed by atoms with Crippen molar-refractivity contribution in [2.45, 2.75) is 40.5 Å². The number of hydrogen-bond donors (Lipinski definition) is 0. The Kier molecular flexibility index (Phi) is 12.5.